The molecule has 154 valence electrons. The molecule has 0 unspecified atom stereocenters. The van der Waals surface area contributed by atoms with Crippen molar-refractivity contribution in [2.75, 3.05) is 5.32 Å². The van der Waals surface area contributed by atoms with Gasteiger partial charge in [0.05, 0.1) is 11.3 Å². The second-order valence-electron chi connectivity index (χ2n) is 6.28. The Kier molecular flexibility index (Phi) is 5.98. The number of phenols is 1. The van der Waals surface area contributed by atoms with Crippen LogP contribution in [0.5, 0.6) is 5.75 Å². The number of nitrogens with one attached hydrogen (secondary N) is 2. The summed E-state index contributed by atoms with van der Waals surface area (Å²) in [4.78, 5) is 11.0. The highest BCUT2D eigenvalue weighted by atomic mass is 35.5. The number of hydrogen-bond acceptors (Lipinski definition) is 4. The van der Waals surface area contributed by atoms with E-state index in [9.17, 15) is 23.1 Å². The van der Waals surface area contributed by atoms with Gasteiger partial charge in [-0.05, 0) is 48.0 Å². The molecule has 0 aromatic heterocycles. The fourth-order valence-electron chi connectivity index (χ4n) is 2.85. The highest BCUT2D eigenvalue weighted by molar-refractivity contribution is 6.31. The first-order valence-electron chi connectivity index (χ1n) is 8.50. The molecular weight excluding hydrogens is 421 g/mol. The smallest absolute Gasteiger partial charge is 0.339 e. The van der Waals surface area contributed by atoms with Gasteiger partial charge in [-0.25, -0.2) is 18.0 Å². The summed E-state index contributed by atoms with van der Waals surface area (Å²) in [6.45, 7) is -0.00793. The minimum Gasteiger partial charge on any atom is -0.507 e. The van der Waals surface area contributed by atoms with Gasteiger partial charge in [0.25, 0.3) is 0 Å². The lowest BCUT2D eigenvalue weighted by Gasteiger charge is -2.15. The summed E-state index contributed by atoms with van der Waals surface area (Å²) in [6.07, 6.45) is 0. The van der Waals surface area contributed by atoms with Gasteiger partial charge in [-0.1, -0.05) is 17.7 Å². The third-order valence-electron chi connectivity index (χ3n) is 4.33. The zero-order chi connectivity index (χ0) is 22.0. The van der Waals surface area contributed by atoms with E-state index in [1.807, 2.05) is 0 Å². The predicted molar refractivity (Wildman–Crippen MR) is 106 cm³/mol. The number of carboxylic acid groups (broad SMARTS) is 1. The van der Waals surface area contributed by atoms with E-state index >= 15 is 0 Å². The summed E-state index contributed by atoms with van der Waals surface area (Å²) < 4.78 is 42.4. The van der Waals surface area contributed by atoms with Gasteiger partial charge in [-0.15, -0.1) is 0 Å². The lowest BCUT2D eigenvalue weighted by Crippen LogP contribution is -2.13. The Morgan fingerprint density at radius 1 is 1.03 bits per heavy atom. The Labute approximate surface area is 173 Å². The lowest BCUT2D eigenvalue weighted by atomic mass is 9.97. The Hall–Kier alpha value is -3.52. The first-order chi connectivity index (χ1) is 14.2. The first-order valence-corrected chi connectivity index (χ1v) is 8.88. The number of aromatic hydroxyl groups is 1. The van der Waals surface area contributed by atoms with E-state index in [0.29, 0.717) is 11.6 Å². The molecule has 3 aromatic carbocycles. The van der Waals surface area contributed by atoms with Crippen LogP contribution in [0.15, 0.2) is 48.5 Å². The molecule has 30 heavy (non-hydrogen) atoms. The minimum absolute atomic E-state index is 0.00793. The van der Waals surface area contributed by atoms with Crippen LogP contribution in [-0.4, -0.2) is 21.9 Å². The van der Waals surface area contributed by atoms with E-state index < -0.39 is 46.0 Å². The molecule has 5 nitrogen and oxygen atoms in total. The van der Waals surface area contributed by atoms with Crippen molar-refractivity contribution in [3.05, 3.63) is 93.3 Å². The van der Waals surface area contributed by atoms with Crippen molar-refractivity contribution < 1.29 is 28.2 Å². The van der Waals surface area contributed by atoms with Gasteiger partial charge in [0, 0.05) is 22.8 Å². The molecule has 0 aliphatic rings. The monoisotopic (exact) mass is 434 g/mol. The van der Waals surface area contributed by atoms with E-state index in [2.05, 4.69) is 5.32 Å². The van der Waals surface area contributed by atoms with Crippen LogP contribution >= 0.6 is 11.6 Å². The van der Waals surface area contributed by atoms with Gasteiger partial charge < -0.3 is 15.5 Å². The number of halogens is 4. The van der Waals surface area contributed by atoms with Crippen molar-refractivity contribution in [3.63, 3.8) is 0 Å². The van der Waals surface area contributed by atoms with Crippen LogP contribution in [0.25, 0.3) is 0 Å². The lowest BCUT2D eigenvalue weighted by molar-refractivity contribution is 0.0693. The number of carbonyl (C=O) groups is 1. The van der Waals surface area contributed by atoms with Crippen molar-refractivity contribution in [1.29, 1.82) is 5.41 Å². The van der Waals surface area contributed by atoms with Gasteiger partial charge in [-0.2, -0.15) is 0 Å². The van der Waals surface area contributed by atoms with Gasteiger partial charge in [0.15, 0.2) is 0 Å². The van der Waals surface area contributed by atoms with E-state index in [-0.39, 0.29) is 22.8 Å². The molecule has 0 amide bonds. The van der Waals surface area contributed by atoms with Crippen LogP contribution in [-0.2, 0) is 6.54 Å². The average molecular weight is 435 g/mol. The number of benzene rings is 3. The maximum absolute atomic E-state index is 14.5. The van der Waals surface area contributed by atoms with Crippen LogP contribution in [0, 0.1) is 22.9 Å². The molecule has 3 rings (SSSR count). The standard InChI is InChI=1S/C21H14ClF3N2O3/c22-14-5-4-11(23)6-10(14)9-27-17-3-1-2-15(24)19(17)20(26)12-8-18(28)13(21(29)30)7-16(12)25/h1-8,26-28H,9H2,(H,29,30). The molecule has 0 saturated heterocycles. The molecule has 0 heterocycles. The number of hydrogen-bond donors (Lipinski definition) is 4. The fourth-order valence-corrected chi connectivity index (χ4v) is 3.04. The number of carboxylic acids is 1. The van der Waals surface area contributed by atoms with E-state index in [0.717, 1.165) is 12.1 Å². The highest BCUT2D eigenvalue weighted by Gasteiger charge is 2.22. The van der Waals surface area contributed by atoms with Crippen LogP contribution in [0.3, 0.4) is 0 Å². The summed E-state index contributed by atoms with van der Waals surface area (Å²) in [5.74, 6) is -4.79. The molecule has 0 bridgehead atoms. The number of aromatic carboxylic acids is 1. The van der Waals surface area contributed by atoms with Crippen molar-refractivity contribution >= 4 is 29.0 Å². The van der Waals surface area contributed by atoms with E-state index in [4.69, 9.17) is 22.1 Å². The number of anilines is 1. The molecule has 0 radical (unpaired) electrons. The molecule has 9 heteroatoms. The van der Waals surface area contributed by atoms with Crippen molar-refractivity contribution in [3.8, 4) is 5.75 Å². The SMILES string of the molecule is N=C(c1cc(O)c(C(=O)O)cc1F)c1c(F)cccc1NCc1cc(F)ccc1Cl. The summed E-state index contributed by atoms with van der Waals surface area (Å²) >= 11 is 6.02. The Balaban J connectivity index is 1.99. The summed E-state index contributed by atoms with van der Waals surface area (Å²) in [5, 5.41) is 30.2. The second kappa shape index (κ2) is 8.46. The van der Waals surface area contributed by atoms with Gasteiger partial charge >= 0.3 is 5.97 Å². The quantitative estimate of drug-likeness (QED) is 0.402. The summed E-state index contributed by atoms with van der Waals surface area (Å²) in [7, 11) is 0. The topological polar surface area (TPSA) is 93.4 Å². The maximum atomic E-state index is 14.5. The minimum atomic E-state index is -1.55. The third-order valence-corrected chi connectivity index (χ3v) is 4.69. The molecule has 0 saturated carbocycles. The molecule has 0 aliphatic carbocycles. The Morgan fingerprint density at radius 2 is 1.77 bits per heavy atom. The summed E-state index contributed by atoms with van der Waals surface area (Å²) in [5.41, 5.74) is -1.63. The van der Waals surface area contributed by atoms with Gasteiger partial charge in [0.2, 0.25) is 0 Å². The van der Waals surface area contributed by atoms with Crippen LogP contribution in [0.2, 0.25) is 5.02 Å². The van der Waals surface area contributed by atoms with Gasteiger partial charge in [-0.3, -0.25) is 5.41 Å². The van der Waals surface area contributed by atoms with E-state index in [1.54, 1.807) is 0 Å². The fraction of sp³-hybridized carbons (Fsp3) is 0.0476. The maximum Gasteiger partial charge on any atom is 0.339 e. The van der Waals surface area contributed by atoms with Crippen molar-refractivity contribution in [2.45, 2.75) is 6.54 Å². The summed E-state index contributed by atoms with van der Waals surface area (Å²) in [6, 6.07) is 8.92. The first kappa shape index (κ1) is 21.2. The molecule has 0 atom stereocenters. The van der Waals surface area contributed by atoms with Crippen molar-refractivity contribution in [2.24, 2.45) is 0 Å². The Morgan fingerprint density at radius 3 is 2.47 bits per heavy atom. The molecule has 0 fully saturated rings. The third kappa shape index (κ3) is 4.23. The molecule has 0 aliphatic heterocycles. The van der Waals surface area contributed by atoms with Crippen LogP contribution in [0.1, 0.15) is 27.0 Å². The molecular formula is C21H14ClF3N2O3. The van der Waals surface area contributed by atoms with Gasteiger partial charge in [0.1, 0.15) is 28.8 Å². The number of rotatable bonds is 6. The van der Waals surface area contributed by atoms with E-state index in [1.165, 1.54) is 30.3 Å². The second-order valence-corrected chi connectivity index (χ2v) is 6.69. The van der Waals surface area contributed by atoms with Crippen LogP contribution < -0.4 is 5.32 Å². The van der Waals surface area contributed by atoms with Crippen molar-refractivity contribution in [1.82, 2.24) is 0 Å². The molecule has 4 N–H and O–H groups in total. The Bertz CT molecular complexity index is 1170. The normalized spacial score (nSPS) is 10.7. The highest BCUT2D eigenvalue weighted by Crippen LogP contribution is 2.28. The average Bonchev–Trinajstić information content (AvgIpc) is 2.69. The zero-order valence-corrected chi connectivity index (χ0v) is 15.9. The predicted octanol–water partition coefficient (Wildman–Crippen LogP) is 5.19. The zero-order valence-electron chi connectivity index (χ0n) is 15.1. The largest absolute Gasteiger partial charge is 0.507 e. The molecule has 0 spiro atoms. The molecule has 3 aromatic rings. The van der Waals surface area contributed by atoms with Crippen LogP contribution in [0.4, 0.5) is 18.9 Å².